The predicted molar refractivity (Wildman–Crippen MR) is 76.5 cm³/mol. The Hall–Kier alpha value is -1.59. The maximum Gasteiger partial charge on any atom is 0.249 e. The second kappa shape index (κ2) is 6.72. The minimum Gasteiger partial charge on any atom is -0.496 e. The highest BCUT2D eigenvalue weighted by Crippen LogP contribution is 2.20. The minimum atomic E-state index is -0.365. The van der Waals surface area contributed by atoms with Gasteiger partial charge in [0.05, 0.1) is 13.2 Å². The normalized spacial score (nSPS) is 21.8. The maximum atomic E-state index is 12.0. The molecule has 0 unspecified atom stereocenters. The molecule has 1 aliphatic heterocycles. The molecule has 1 saturated heterocycles. The zero-order chi connectivity index (χ0) is 14.5. The van der Waals surface area contributed by atoms with E-state index in [0.717, 1.165) is 29.7 Å². The molecule has 110 valence electrons. The van der Waals surface area contributed by atoms with Crippen LogP contribution in [-0.4, -0.2) is 31.8 Å². The van der Waals surface area contributed by atoms with E-state index in [2.05, 4.69) is 5.32 Å². The number of methoxy groups -OCH3 is 1. The minimum absolute atomic E-state index is 0.0187. The van der Waals surface area contributed by atoms with Gasteiger partial charge < -0.3 is 20.5 Å². The number of ether oxygens (including phenoxy) is 2. The highest BCUT2D eigenvalue weighted by atomic mass is 16.5. The van der Waals surface area contributed by atoms with Crippen LogP contribution < -0.4 is 15.8 Å². The van der Waals surface area contributed by atoms with Crippen molar-refractivity contribution in [1.29, 1.82) is 0 Å². The molecule has 0 saturated carbocycles. The van der Waals surface area contributed by atoms with E-state index in [1.165, 1.54) is 0 Å². The highest BCUT2D eigenvalue weighted by molar-refractivity contribution is 5.81. The van der Waals surface area contributed by atoms with Crippen LogP contribution in [0.5, 0.6) is 5.75 Å². The van der Waals surface area contributed by atoms with E-state index in [1.54, 1.807) is 7.11 Å². The summed E-state index contributed by atoms with van der Waals surface area (Å²) in [5.74, 6) is 0.762. The summed E-state index contributed by atoms with van der Waals surface area (Å²) < 4.78 is 10.8. The average molecular weight is 278 g/mol. The van der Waals surface area contributed by atoms with Gasteiger partial charge in [-0.3, -0.25) is 4.79 Å². The molecule has 0 spiro atoms. The van der Waals surface area contributed by atoms with Gasteiger partial charge in [0.1, 0.15) is 11.9 Å². The predicted octanol–water partition coefficient (Wildman–Crippen LogP) is 1.13. The topological polar surface area (TPSA) is 73.6 Å². The number of aryl methyl sites for hydroxylation is 1. The third kappa shape index (κ3) is 3.49. The molecule has 1 aromatic rings. The number of benzene rings is 1. The number of nitrogens with two attached hydrogens (primary N) is 1. The fourth-order valence-electron chi connectivity index (χ4n) is 2.35. The Morgan fingerprint density at radius 1 is 1.50 bits per heavy atom. The Bertz CT molecular complexity index is 476. The van der Waals surface area contributed by atoms with Gasteiger partial charge >= 0.3 is 0 Å². The number of carbonyl (C=O) groups excluding carboxylic acids is 1. The van der Waals surface area contributed by atoms with Crippen LogP contribution in [-0.2, 0) is 16.1 Å². The lowest BCUT2D eigenvalue weighted by molar-refractivity contribution is -0.132. The van der Waals surface area contributed by atoms with Crippen molar-refractivity contribution in [2.45, 2.75) is 38.5 Å². The van der Waals surface area contributed by atoms with Crippen LogP contribution >= 0.6 is 0 Å². The van der Waals surface area contributed by atoms with Crippen LogP contribution in [0.3, 0.4) is 0 Å². The van der Waals surface area contributed by atoms with Crippen molar-refractivity contribution in [2.75, 3.05) is 13.7 Å². The van der Waals surface area contributed by atoms with E-state index in [-0.39, 0.29) is 18.1 Å². The first-order valence-corrected chi connectivity index (χ1v) is 6.90. The third-order valence-corrected chi connectivity index (χ3v) is 3.60. The van der Waals surface area contributed by atoms with E-state index in [9.17, 15) is 4.79 Å². The molecule has 0 aromatic heterocycles. The molecule has 1 amide bonds. The van der Waals surface area contributed by atoms with Crippen LogP contribution in [0.15, 0.2) is 18.2 Å². The molecule has 0 aliphatic carbocycles. The highest BCUT2D eigenvalue weighted by Gasteiger charge is 2.29. The molecule has 1 aromatic carbocycles. The van der Waals surface area contributed by atoms with Gasteiger partial charge in [0.15, 0.2) is 0 Å². The van der Waals surface area contributed by atoms with Gasteiger partial charge in [-0.1, -0.05) is 12.1 Å². The average Bonchev–Trinajstić information content (AvgIpc) is 2.95. The first kappa shape index (κ1) is 14.8. The van der Waals surface area contributed by atoms with Crippen LogP contribution in [0.2, 0.25) is 0 Å². The van der Waals surface area contributed by atoms with Gasteiger partial charge in [-0.05, 0) is 37.0 Å². The molecule has 3 N–H and O–H groups in total. The van der Waals surface area contributed by atoms with Crippen molar-refractivity contribution in [1.82, 2.24) is 5.32 Å². The van der Waals surface area contributed by atoms with Crippen molar-refractivity contribution < 1.29 is 14.3 Å². The van der Waals surface area contributed by atoms with Crippen LogP contribution in [0.25, 0.3) is 0 Å². The van der Waals surface area contributed by atoms with Crippen molar-refractivity contribution in [3.8, 4) is 5.75 Å². The molecule has 1 heterocycles. The lowest BCUT2D eigenvalue weighted by atomic mass is 10.1. The summed E-state index contributed by atoms with van der Waals surface area (Å²) in [5.41, 5.74) is 7.62. The fourth-order valence-corrected chi connectivity index (χ4v) is 2.35. The van der Waals surface area contributed by atoms with Crippen LogP contribution in [0.4, 0.5) is 0 Å². The zero-order valence-corrected chi connectivity index (χ0v) is 12.0. The van der Waals surface area contributed by atoms with Crippen molar-refractivity contribution >= 4 is 5.91 Å². The zero-order valence-electron chi connectivity index (χ0n) is 12.0. The Labute approximate surface area is 119 Å². The summed E-state index contributed by atoms with van der Waals surface area (Å²) in [7, 11) is 1.64. The largest absolute Gasteiger partial charge is 0.496 e. The number of nitrogens with one attached hydrogen (secondary N) is 1. The van der Waals surface area contributed by atoms with E-state index in [0.29, 0.717) is 13.1 Å². The molecule has 5 heteroatoms. The standard InChI is InChI=1S/C15H22N2O3/c1-10-3-4-11(7-14(10)19-2)9-17-15(18)13-6-5-12(8-16)20-13/h3-4,7,12-13H,5-6,8-9,16H2,1-2H3,(H,17,18)/t12-,13+/m1/s1. The van der Waals surface area contributed by atoms with Crippen molar-refractivity contribution in [3.05, 3.63) is 29.3 Å². The van der Waals surface area contributed by atoms with Gasteiger partial charge in [0.25, 0.3) is 0 Å². The molecule has 20 heavy (non-hydrogen) atoms. The van der Waals surface area contributed by atoms with Gasteiger partial charge in [-0.2, -0.15) is 0 Å². The fraction of sp³-hybridized carbons (Fsp3) is 0.533. The number of amides is 1. The second-order valence-electron chi connectivity index (χ2n) is 5.08. The maximum absolute atomic E-state index is 12.0. The quantitative estimate of drug-likeness (QED) is 0.846. The summed E-state index contributed by atoms with van der Waals surface area (Å²) in [5, 5.41) is 2.90. The summed E-state index contributed by atoms with van der Waals surface area (Å²) in [6, 6.07) is 5.90. The Balaban J connectivity index is 1.87. The molecule has 1 aliphatic rings. The molecule has 0 radical (unpaired) electrons. The van der Waals surface area contributed by atoms with Gasteiger partial charge in [-0.15, -0.1) is 0 Å². The first-order chi connectivity index (χ1) is 9.63. The lowest BCUT2D eigenvalue weighted by Gasteiger charge is -2.13. The summed E-state index contributed by atoms with van der Waals surface area (Å²) in [6.07, 6.45) is 1.25. The smallest absolute Gasteiger partial charge is 0.249 e. The Morgan fingerprint density at radius 2 is 2.30 bits per heavy atom. The van der Waals surface area contributed by atoms with Crippen molar-refractivity contribution in [3.63, 3.8) is 0 Å². The Kier molecular flexibility index (Phi) is 4.98. The van der Waals surface area contributed by atoms with E-state index in [4.69, 9.17) is 15.2 Å². The van der Waals surface area contributed by atoms with Crippen LogP contribution in [0.1, 0.15) is 24.0 Å². The van der Waals surface area contributed by atoms with E-state index in [1.807, 2.05) is 25.1 Å². The molecule has 2 atom stereocenters. The first-order valence-electron chi connectivity index (χ1n) is 6.90. The van der Waals surface area contributed by atoms with Gasteiger partial charge in [-0.25, -0.2) is 0 Å². The monoisotopic (exact) mass is 278 g/mol. The SMILES string of the molecule is COc1cc(CNC(=O)[C@@H]2CC[C@H](CN)O2)ccc1C. The van der Waals surface area contributed by atoms with E-state index >= 15 is 0 Å². The summed E-state index contributed by atoms with van der Waals surface area (Å²) in [6.45, 7) is 2.93. The van der Waals surface area contributed by atoms with Gasteiger partial charge in [0, 0.05) is 13.1 Å². The molecular formula is C15H22N2O3. The number of rotatable bonds is 5. The van der Waals surface area contributed by atoms with Crippen molar-refractivity contribution in [2.24, 2.45) is 5.73 Å². The molecule has 2 rings (SSSR count). The number of hydrogen-bond acceptors (Lipinski definition) is 4. The molecular weight excluding hydrogens is 256 g/mol. The summed E-state index contributed by atoms with van der Waals surface area (Å²) >= 11 is 0. The molecule has 0 bridgehead atoms. The second-order valence-corrected chi connectivity index (χ2v) is 5.08. The van der Waals surface area contributed by atoms with Gasteiger partial charge in [0.2, 0.25) is 5.91 Å². The number of hydrogen-bond donors (Lipinski definition) is 2. The molecule has 1 fully saturated rings. The lowest BCUT2D eigenvalue weighted by Crippen LogP contribution is -2.35. The summed E-state index contributed by atoms with van der Waals surface area (Å²) in [4.78, 5) is 12.0. The third-order valence-electron chi connectivity index (χ3n) is 3.60. The molecule has 5 nitrogen and oxygen atoms in total. The number of carbonyl (C=O) groups is 1. The van der Waals surface area contributed by atoms with Crippen LogP contribution in [0, 0.1) is 6.92 Å². The van der Waals surface area contributed by atoms with E-state index < -0.39 is 0 Å². The Morgan fingerprint density at radius 3 is 2.95 bits per heavy atom.